The minimum Gasteiger partial charge on any atom is -0.479 e. The van der Waals surface area contributed by atoms with Crippen molar-refractivity contribution in [2.45, 2.75) is 38.5 Å². The zero-order valence-corrected chi connectivity index (χ0v) is 16.1. The van der Waals surface area contributed by atoms with Crippen molar-refractivity contribution < 1.29 is 9.53 Å². The van der Waals surface area contributed by atoms with Gasteiger partial charge in [0.05, 0.1) is 6.54 Å². The molecule has 1 amide bonds. The summed E-state index contributed by atoms with van der Waals surface area (Å²) in [4.78, 5) is 17.3. The van der Waals surface area contributed by atoms with E-state index in [1.54, 1.807) is 6.20 Å². The number of benzene rings is 1. The number of hydrogen-bond acceptors (Lipinski definition) is 3. The van der Waals surface area contributed by atoms with Gasteiger partial charge in [0, 0.05) is 17.0 Å². The van der Waals surface area contributed by atoms with Crippen LogP contribution >= 0.6 is 0 Å². The molecule has 0 spiro atoms. The summed E-state index contributed by atoms with van der Waals surface area (Å²) in [6.45, 7) is 0.695. The summed E-state index contributed by atoms with van der Waals surface area (Å²) in [5.74, 6) is 9.38. The van der Waals surface area contributed by atoms with Crippen LogP contribution in [-0.2, 0) is 4.79 Å². The molecule has 0 radical (unpaired) electrons. The minimum absolute atomic E-state index is 0.0957. The zero-order valence-electron chi connectivity index (χ0n) is 16.1. The normalized spacial score (nSPS) is 29.9. The molecule has 1 aromatic carbocycles. The van der Waals surface area contributed by atoms with E-state index in [0.29, 0.717) is 13.2 Å². The Hall–Kier alpha value is -2.54. The fourth-order valence-electron chi connectivity index (χ4n) is 6.12. The monoisotopic (exact) mass is 374 g/mol. The van der Waals surface area contributed by atoms with Crippen LogP contribution in [0.25, 0.3) is 10.9 Å². The number of ether oxygens (including phenoxy) is 1. The van der Waals surface area contributed by atoms with E-state index in [1.165, 1.54) is 19.3 Å². The molecule has 4 bridgehead atoms. The first-order chi connectivity index (χ1) is 13.7. The Labute approximate surface area is 166 Å². The molecule has 4 nitrogen and oxygen atoms in total. The predicted molar refractivity (Wildman–Crippen MR) is 109 cm³/mol. The van der Waals surface area contributed by atoms with Crippen molar-refractivity contribution in [2.24, 2.45) is 23.2 Å². The number of pyridine rings is 1. The van der Waals surface area contributed by atoms with Crippen LogP contribution in [0.1, 0.15) is 38.5 Å². The second-order valence-electron chi connectivity index (χ2n) is 8.85. The third-order valence-electron chi connectivity index (χ3n) is 6.88. The molecule has 4 fully saturated rings. The summed E-state index contributed by atoms with van der Waals surface area (Å²) in [5, 5.41) is 4.14. The van der Waals surface area contributed by atoms with Gasteiger partial charge in [-0.05, 0) is 68.4 Å². The summed E-state index contributed by atoms with van der Waals surface area (Å²) in [6, 6.07) is 9.81. The number of amides is 1. The van der Waals surface area contributed by atoms with Gasteiger partial charge in [0.25, 0.3) is 0 Å². The Morgan fingerprint density at radius 1 is 1.07 bits per heavy atom. The second kappa shape index (κ2) is 7.13. The highest BCUT2D eigenvalue weighted by molar-refractivity contribution is 5.84. The summed E-state index contributed by atoms with van der Waals surface area (Å²) >= 11 is 0. The summed E-state index contributed by atoms with van der Waals surface area (Å²) < 4.78 is 5.78. The first kappa shape index (κ1) is 17.6. The van der Waals surface area contributed by atoms with Gasteiger partial charge in [-0.2, -0.15) is 0 Å². The number of fused-ring (bicyclic) bond motifs is 1. The largest absolute Gasteiger partial charge is 0.479 e. The van der Waals surface area contributed by atoms with Crippen LogP contribution in [0.4, 0.5) is 0 Å². The van der Waals surface area contributed by atoms with E-state index >= 15 is 0 Å². The van der Waals surface area contributed by atoms with E-state index in [1.807, 2.05) is 30.3 Å². The molecule has 4 saturated carbocycles. The molecular weight excluding hydrogens is 348 g/mol. The van der Waals surface area contributed by atoms with E-state index in [9.17, 15) is 4.79 Å². The highest BCUT2D eigenvalue weighted by Crippen LogP contribution is 2.60. The highest BCUT2D eigenvalue weighted by Gasteiger charge is 2.54. The fraction of sp³-hybridized carbons (Fsp3) is 0.500. The molecule has 2 aromatic rings. The molecule has 28 heavy (non-hydrogen) atoms. The quantitative estimate of drug-likeness (QED) is 0.825. The fourth-order valence-corrected chi connectivity index (χ4v) is 6.12. The molecular formula is C24H26N2O2. The van der Waals surface area contributed by atoms with Crippen LogP contribution in [0.5, 0.6) is 5.75 Å². The maximum Gasteiger partial charge on any atom is 0.226 e. The lowest BCUT2D eigenvalue weighted by atomic mass is 9.49. The third-order valence-corrected chi connectivity index (χ3v) is 6.88. The Bertz CT molecular complexity index is 915. The van der Waals surface area contributed by atoms with E-state index < -0.39 is 0 Å². The van der Waals surface area contributed by atoms with Gasteiger partial charge in [-0.15, -0.1) is 0 Å². The Kier molecular flexibility index (Phi) is 4.47. The van der Waals surface area contributed by atoms with Gasteiger partial charge in [0.15, 0.2) is 0 Å². The smallest absolute Gasteiger partial charge is 0.226 e. The molecule has 144 valence electrons. The molecule has 4 aliphatic carbocycles. The van der Waals surface area contributed by atoms with Crippen molar-refractivity contribution in [3.05, 3.63) is 36.5 Å². The summed E-state index contributed by atoms with van der Waals surface area (Å²) in [7, 11) is 0. The molecule has 1 heterocycles. The lowest BCUT2D eigenvalue weighted by Crippen LogP contribution is -2.53. The van der Waals surface area contributed by atoms with E-state index in [0.717, 1.165) is 53.7 Å². The van der Waals surface area contributed by atoms with Crippen molar-refractivity contribution >= 4 is 16.8 Å². The number of carbonyl (C=O) groups is 1. The maximum absolute atomic E-state index is 12.9. The van der Waals surface area contributed by atoms with Crippen LogP contribution in [0.3, 0.4) is 0 Å². The van der Waals surface area contributed by atoms with Crippen molar-refractivity contribution in [3.63, 3.8) is 0 Å². The molecule has 1 N–H and O–H groups in total. The van der Waals surface area contributed by atoms with Crippen LogP contribution in [0.2, 0.25) is 0 Å². The molecule has 4 heteroatoms. The van der Waals surface area contributed by atoms with Gasteiger partial charge in [-0.3, -0.25) is 9.78 Å². The van der Waals surface area contributed by atoms with Gasteiger partial charge >= 0.3 is 0 Å². The Balaban J connectivity index is 1.14. The number of hydrogen-bond donors (Lipinski definition) is 1. The van der Waals surface area contributed by atoms with Crippen molar-refractivity contribution in [3.8, 4) is 17.6 Å². The minimum atomic E-state index is -0.0957. The van der Waals surface area contributed by atoms with Crippen LogP contribution in [0, 0.1) is 35.0 Å². The van der Waals surface area contributed by atoms with Crippen molar-refractivity contribution in [1.82, 2.24) is 10.3 Å². The van der Waals surface area contributed by atoms with E-state index in [-0.39, 0.29) is 11.3 Å². The number of para-hydroxylation sites is 1. The van der Waals surface area contributed by atoms with Gasteiger partial charge in [-0.25, -0.2) is 0 Å². The maximum atomic E-state index is 12.9. The molecule has 0 unspecified atom stereocenters. The lowest BCUT2D eigenvalue weighted by Gasteiger charge is -2.55. The Morgan fingerprint density at radius 2 is 1.79 bits per heavy atom. The molecule has 1 aromatic heterocycles. The van der Waals surface area contributed by atoms with Gasteiger partial charge in [0.2, 0.25) is 5.91 Å². The predicted octanol–water partition coefficient (Wildman–Crippen LogP) is 3.95. The first-order valence-corrected chi connectivity index (χ1v) is 10.4. The lowest BCUT2D eigenvalue weighted by molar-refractivity contribution is -0.145. The SMILES string of the molecule is O=C(NCC#CCOc1cccc2cccnc12)C12CC3CC(CC(C3)C1)C2. The third kappa shape index (κ3) is 3.24. The van der Waals surface area contributed by atoms with Gasteiger partial charge in [0.1, 0.15) is 17.9 Å². The topological polar surface area (TPSA) is 51.2 Å². The number of rotatable bonds is 4. The second-order valence-corrected chi connectivity index (χ2v) is 8.85. The van der Waals surface area contributed by atoms with Crippen molar-refractivity contribution in [2.75, 3.05) is 13.2 Å². The molecule has 0 saturated heterocycles. The van der Waals surface area contributed by atoms with E-state index in [2.05, 4.69) is 22.1 Å². The van der Waals surface area contributed by atoms with Crippen LogP contribution in [0.15, 0.2) is 36.5 Å². The summed E-state index contributed by atoms with van der Waals surface area (Å²) in [5.41, 5.74) is 0.753. The average molecular weight is 374 g/mol. The van der Waals surface area contributed by atoms with Crippen LogP contribution < -0.4 is 10.1 Å². The number of aromatic nitrogens is 1. The molecule has 0 aliphatic heterocycles. The highest BCUT2D eigenvalue weighted by atomic mass is 16.5. The van der Waals surface area contributed by atoms with Gasteiger partial charge in [-0.1, -0.05) is 30.0 Å². The molecule has 4 aliphatic rings. The number of nitrogens with zero attached hydrogens (tertiary/aromatic N) is 1. The van der Waals surface area contributed by atoms with E-state index in [4.69, 9.17) is 4.74 Å². The van der Waals surface area contributed by atoms with Crippen LogP contribution in [-0.4, -0.2) is 24.0 Å². The molecule has 6 rings (SSSR count). The Morgan fingerprint density at radius 3 is 2.54 bits per heavy atom. The number of carbonyl (C=O) groups excluding carboxylic acids is 1. The van der Waals surface area contributed by atoms with Crippen molar-refractivity contribution in [1.29, 1.82) is 0 Å². The number of nitrogens with one attached hydrogen (secondary N) is 1. The zero-order chi connectivity index (χ0) is 19.0. The first-order valence-electron chi connectivity index (χ1n) is 10.4. The molecule has 0 atom stereocenters. The van der Waals surface area contributed by atoms with Gasteiger partial charge < -0.3 is 10.1 Å². The standard InChI is InChI=1S/C24H26N2O2/c27-23(24-14-17-11-18(15-24)13-19(12-17)16-24)26-8-1-2-10-28-21-7-3-5-20-6-4-9-25-22(20)21/h3-7,9,17-19H,8,10-16H2,(H,26,27). The average Bonchev–Trinajstić information content (AvgIpc) is 2.69. The summed E-state index contributed by atoms with van der Waals surface area (Å²) in [6.07, 6.45) is 9.10.